The number of para-hydroxylation sites is 1. The third kappa shape index (κ3) is 3.96. The lowest BCUT2D eigenvalue weighted by molar-refractivity contribution is -0.131. The standard InChI is InChI=1S/C19H25N3O5S/c1-13-8-17(23)15-6-4-5-7-16(15)22(13)11-19(25)21-9-14(18(24)10-21)12-28(26,27)20(2)3/h4-8,14,18,24H,9-12H2,1-3H3/t14-,18-/m0/s1. The minimum absolute atomic E-state index is 0.0203. The van der Waals surface area contributed by atoms with Crippen LogP contribution in [0.1, 0.15) is 5.69 Å². The van der Waals surface area contributed by atoms with E-state index in [0.717, 1.165) is 4.31 Å². The predicted octanol–water partition coefficient (Wildman–Crippen LogP) is 0.0206. The molecule has 28 heavy (non-hydrogen) atoms. The summed E-state index contributed by atoms with van der Waals surface area (Å²) in [6, 6.07) is 8.60. The second kappa shape index (κ2) is 7.65. The van der Waals surface area contributed by atoms with Gasteiger partial charge in [-0.1, -0.05) is 12.1 Å². The number of likely N-dealkylation sites (tertiary alicyclic amines) is 1. The van der Waals surface area contributed by atoms with Crippen molar-refractivity contribution in [2.45, 2.75) is 19.6 Å². The van der Waals surface area contributed by atoms with Crippen molar-refractivity contribution in [1.82, 2.24) is 13.8 Å². The summed E-state index contributed by atoms with van der Waals surface area (Å²) >= 11 is 0. The molecule has 2 atom stereocenters. The average molecular weight is 407 g/mol. The van der Waals surface area contributed by atoms with Crippen molar-refractivity contribution in [3.63, 3.8) is 0 Å². The first-order valence-corrected chi connectivity index (χ1v) is 10.7. The Labute approximate surface area is 164 Å². The molecule has 1 aliphatic heterocycles. The molecule has 0 unspecified atom stereocenters. The number of aliphatic hydroxyl groups is 1. The van der Waals surface area contributed by atoms with Crippen LogP contribution < -0.4 is 5.43 Å². The zero-order valence-electron chi connectivity index (χ0n) is 16.2. The number of aromatic nitrogens is 1. The minimum atomic E-state index is -3.47. The molecule has 152 valence electrons. The van der Waals surface area contributed by atoms with Gasteiger partial charge in [0.05, 0.1) is 17.4 Å². The maximum absolute atomic E-state index is 12.8. The van der Waals surface area contributed by atoms with E-state index in [9.17, 15) is 23.1 Å². The normalized spacial score (nSPS) is 20.2. The summed E-state index contributed by atoms with van der Waals surface area (Å²) in [5.74, 6) is -0.950. The van der Waals surface area contributed by atoms with E-state index < -0.39 is 22.0 Å². The molecule has 0 aliphatic carbocycles. The molecular formula is C19H25N3O5S. The van der Waals surface area contributed by atoms with Crippen molar-refractivity contribution in [3.05, 3.63) is 46.2 Å². The van der Waals surface area contributed by atoms with Crippen molar-refractivity contribution in [1.29, 1.82) is 0 Å². The second-order valence-electron chi connectivity index (χ2n) is 7.44. The topological polar surface area (TPSA) is 99.9 Å². The largest absolute Gasteiger partial charge is 0.391 e. The molecule has 1 aliphatic rings. The molecule has 9 heteroatoms. The van der Waals surface area contributed by atoms with Gasteiger partial charge in [0.15, 0.2) is 5.43 Å². The van der Waals surface area contributed by atoms with E-state index in [4.69, 9.17) is 0 Å². The van der Waals surface area contributed by atoms with Gasteiger partial charge in [-0.2, -0.15) is 0 Å². The maximum atomic E-state index is 12.8. The lowest BCUT2D eigenvalue weighted by atomic mass is 10.1. The Balaban J connectivity index is 1.80. The number of aliphatic hydroxyl groups excluding tert-OH is 1. The Kier molecular flexibility index (Phi) is 5.60. The highest BCUT2D eigenvalue weighted by Gasteiger charge is 2.37. The van der Waals surface area contributed by atoms with Gasteiger partial charge in [0, 0.05) is 50.2 Å². The molecule has 1 amide bonds. The predicted molar refractivity (Wildman–Crippen MR) is 106 cm³/mol. The Bertz CT molecular complexity index is 1060. The first-order chi connectivity index (χ1) is 13.1. The number of pyridine rings is 1. The number of amides is 1. The summed E-state index contributed by atoms with van der Waals surface area (Å²) in [4.78, 5) is 26.5. The van der Waals surface area contributed by atoms with Crippen LogP contribution in [0, 0.1) is 12.8 Å². The summed E-state index contributed by atoms with van der Waals surface area (Å²) in [6.45, 7) is 2.08. The number of carbonyl (C=O) groups excluding carboxylic acids is 1. The van der Waals surface area contributed by atoms with Crippen molar-refractivity contribution < 1.29 is 18.3 Å². The monoisotopic (exact) mass is 407 g/mol. The van der Waals surface area contributed by atoms with Crippen LogP contribution in [-0.4, -0.2) is 72.2 Å². The van der Waals surface area contributed by atoms with E-state index in [1.165, 1.54) is 25.1 Å². The second-order valence-corrected chi connectivity index (χ2v) is 9.67. The van der Waals surface area contributed by atoms with Gasteiger partial charge in [0.25, 0.3) is 0 Å². The van der Waals surface area contributed by atoms with E-state index in [1.54, 1.807) is 29.7 Å². The highest BCUT2D eigenvalue weighted by atomic mass is 32.2. The summed E-state index contributed by atoms with van der Waals surface area (Å²) in [6.07, 6.45) is -0.884. The van der Waals surface area contributed by atoms with Crippen LogP contribution >= 0.6 is 0 Å². The van der Waals surface area contributed by atoms with Crippen LogP contribution in [0.2, 0.25) is 0 Å². The van der Waals surface area contributed by atoms with Gasteiger partial charge < -0.3 is 14.6 Å². The molecule has 0 radical (unpaired) electrons. The van der Waals surface area contributed by atoms with E-state index in [2.05, 4.69) is 0 Å². The fraction of sp³-hybridized carbons (Fsp3) is 0.474. The molecule has 2 aromatic rings. The molecule has 8 nitrogen and oxygen atoms in total. The fourth-order valence-corrected chi connectivity index (χ4v) is 4.71. The average Bonchev–Trinajstić information content (AvgIpc) is 2.98. The van der Waals surface area contributed by atoms with Crippen LogP contribution in [0.3, 0.4) is 0 Å². The number of hydrogen-bond acceptors (Lipinski definition) is 5. The van der Waals surface area contributed by atoms with Crippen LogP contribution in [0.15, 0.2) is 35.1 Å². The van der Waals surface area contributed by atoms with E-state index >= 15 is 0 Å². The van der Waals surface area contributed by atoms with Gasteiger partial charge in [-0.25, -0.2) is 12.7 Å². The van der Waals surface area contributed by atoms with Gasteiger partial charge in [0.1, 0.15) is 6.54 Å². The fourth-order valence-electron chi connectivity index (χ4n) is 3.54. The zero-order valence-corrected chi connectivity index (χ0v) is 17.0. The summed E-state index contributed by atoms with van der Waals surface area (Å²) in [7, 11) is -0.571. The molecule has 3 rings (SSSR count). The third-order valence-corrected chi connectivity index (χ3v) is 7.22. The molecule has 1 aromatic heterocycles. The number of sulfonamides is 1. The summed E-state index contributed by atoms with van der Waals surface area (Å²) < 4.78 is 27.1. The number of hydrogen-bond donors (Lipinski definition) is 1. The number of nitrogens with zero attached hydrogens (tertiary/aromatic N) is 3. The maximum Gasteiger partial charge on any atom is 0.242 e. The molecular weight excluding hydrogens is 382 g/mol. The van der Waals surface area contributed by atoms with Gasteiger partial charge in [-0.05, 0) is 19.1 Å². The molecule has 1 N–H and O–H groups in total. The van der Waals surface area contributed by atoms with E-state index in [-0.39, 0.29) is 36.7 Å². The summed E-state index contributed by atoms with van der Waals surface area (Å²) in [5, 5.41) is 10.8. The van der Waals surface area contributed by atoms with Crippen molar-refractivity contribution >= 4 is 26.8 Å². The first-order valence-electron chi connectivity index (χ1n) is 9.05. The van der Waals surface area contributed by atoms with Crippen LogP contribution in [-0.2, 0) is 21.4 Å². The number of fused-ring (bicyclic) bond motifs is 1. The minimum Gasteiger partial charge on any atom is -0.391 e. The quantitative estimate of drug-likeness (QED) is 0.753. The number of rotatable bonds is 5. The highest BCUT2D eigenvalue weighted by Crippen LogP contribution is 2.21. The Morgan fingerprint density at radius 2 is 1.93 bits per heavy atom. The molecule has 0 bridgehead atoms. The van der Waals surface area contributed by atoms with Gasteiger partial charge in [-0.3, -0.25) is 9.59 Å². The van der Waals surface area contributed by atoms with Crippen molar-refractivity contribution in [3.8, 4) is 0 Å². The number of carbonyl (C=O) groups is 1. The SMILES string of the molecule is Cc1cc(=O)c2ccccc2n1CC(=O)N1C[C@@H](CS(=O)(=O)N(C)C)[C@@H](O)C1. The molecule has 2 heterocycles. The number of aryl methyl sites for hydroxylation is 1. The van der Waals surface area contributed by atoms with Gasteiger partial charge in [-0.15, -0.1) is 0 Å². The van der Waals surface area contributed by atoms with E-state index in [0.29, 0.717) is 16.6 Å². The third-order valence-electron chi connectivity index (χ3n) is 5.26. The highest BCUT2D eigenvalue weighted by molar-refractivity contribution is 7.89. The summed E-state index contributed by atoms with van der Waals surface area (Å²) in [5.41, 5.74) is 1.25. The zero-order chi connectivity index (χ0) is 20.6. The van der Waals surface area contributed by atoms with Crippen LogP contribution in [0.25, 0.3) is 10.9 Å². The van der Waals surface area contributed by atoms with Crippen LogP contribution in [0.4, 0.5) is 0 Å². The Morgan fingerprint density at radius 3 is 2.61 bits per heavy atom. The Morgan fingerprint density at radius 1 is 1.25 bits per heavy atom. The van der Waals surface area contributed by atoms with E-state index in [1.807, 2.05) is 6.07 Å². The lowest BCUT2D eigenvalue weighted by Crippen LogP contribution is -2.34. The smallest absolute Gasteiger partial charge is 0.242 e. The molecule has 0 spiro atoms. The van der Waals surface area contributed by atoms with Gasteiger partial charge >= 0.3 is 0 Å². The number of benzene rings is 1. The first kappa shape index (κ1) is 20.5. The molecule has 0 saturated carbocycles. The van der Waals surface area contributed by atoms with Gasteiger partial charge in [0.2, 0.25) is 15.9 Å². The lowest BCUT2D eigenvalue weighted by Gasteiger charge is -2.20. The van der Waals surface area contributed by atoms with Crippen molar-refractivity contribution in [2.24, 2.45) is 5.92 Å². The van der Waals surface area contributed by atoms with Crippen molar-refractivity contribution in [2.75, 3.05) is 32.9 Å². The molecule has 1 aromatic carbocycles. The molecule has 1 fully saturated rings. The Hall–Kier alpha value is -2.23. The van der Waals surface area contributed by atoms with Crippen LogP contribution in [0.5, 0.6) is 0 Å². The molecule has 1 saturated heterocycles. The number of β-amino-alcohol motifs (C(OH)–C–C–N with tert-alkyl or cyclic N) is 1.